The van der Waals surface area contributed by atoms with Crippen molar-refractivity contribution in [2.24, 2.45) is 5.73 Å². The summed E-state index contributed by atoms with van der Waals surface area (Å²) in [7, 11) is 0. The zero-order valence-electron chi connectivity index (χ0n) is 11.0. The van der Waals surface area contributed by atoms with Crippen LogP contribution in [0.1, 0.15) is 18.9 Å². The van der Waals surface area contributed by atoms with Gasteiger partial charge >= 0.3 is 6.01 Å². The average Bonchev–Trinajstić information content (AvgIpc) is 2.45. The Morgan fingerprint density at radius 2 is 2.05 bits per heavy atom. The normalized spacial score (nSPS) is 12.2. The molecule has 0 aliphatic rings. The highest BCUT2D eigenvalue weighted by molar-refractivity contribution is 6.30. The standard InChI is InChI=1S/C14H15ClFN3O/c1-2-10(17)5-9-7-18-14(19-8-9)20-11-3-4-13(16)12(15)6-11/h3-4,6-8,10H,2,5,17H2,1H3. The van der Waals surface area contributed by atoms with E-state index in [9.17, 15) is 4.39 Å². The molecule has 6 heteroatoms. The van der Waals surface area contributed by atoms with Crippen molar-refractivity contribution in [1.29, 1.82) is 0 Å². The van der Waals surface area contributed by atoms with Gasteiger partial charge in [0.25, 0.3) is 0 Å². The Hall–Kier alpha value is -1.72. The van der Waals surface area contributed by atoms with Crippen molar-refractivity contribution in [3.63, 3.8) is 0 Å². The number of nitrogens with two attached hydrogens (primary N) is 1. The summed E-state index contributed by atoms with van der Waals surface area (Å²) >= 11 is 5.67. The van der Waals surface area contributed by atoms with Crippen molar-refractivity contribution >= 4 is 11.6 Å². The molecule has 0 aliphatic heterocycles. The molecular formula is C14H15ClFN3O. The number of rotatable bonds is 5. The highest BCUT2D eigenvalue weighted by Gasteiger charge is 2.06. The molecule has 1 aromatic heterocycles. The lowest BCUT2D eigenvalue weighted by atomic mass is 10.1. The van der Waals surface area contributed by atoms with Gasteiger partial charge in [0.15, 0.2) is 0 Å². The Kier molecular flexibility index (Phi) is 4.87. The lowest BCUT2D eigenvalue weighted by molar-refractivity contribution is 0.439. The third-order valence-corrected chi connectivity index (χ3v) is 3.09. The summed E-state index contributed by atoms with van der Waals surface area (Å²) in [6.07, 6.45) is 4.96. The van der Waals surface area contributed by atoms with Crippen LogP contribution in [-0.4, -0.2) is 16.0 Å². The van der Waals surface area contributed by atoms with Gasteiger partial charge in [-0.1, -0.05) is 18.5 Å². The van der Waals surface area contributed by atoms with Gasteiger partial charge in [0, 0.05) is 24.5 Å². The second kappa shape index (κ2) is 6.63. The maximum Gasteiger partial charge on any atom is 0.321 e. The van der Waals surface area contributed by atoms with E-state index in [-0.39, 0.29) is 17.1 Å². The summed E-state index contributed by atoms with van der Waals surface area (Å²) in [5, 5.41) is -0.00644. The molecule has 2 N–H and O–H groups in total. The fourth-order valence-corrected chi connectivity index (χ4v) is 1.76. The third-order valence-electron chi connectivity index (χ3n) is 2.80. The monoisotopic (exact) mass is 295 g/mol. The Labute approximate surface area is 121 Å². The number of hydrogen-bond donors (Lipinski definition) is 1. The molecule has 4 nitrogen and oxygen atoms in total. The first-order chi connectivity index (χ1) is 9.58. The van der Waals surface area contributed by atoms with E-state index in [1.54, 1.807) is 12.4 Å². The predicted molar refractivity (Wildman–Crippen MR) is 75.5 cm³/mol. The number of benzene rings is 1. The van der Waals surface area contributed by atoms with Crippen LogP contribution in [0.15, 0.2) is 30.6 Å². The summed E-state index contributed by atoms with van der Waals surface area (Å²) in [6, 6.07) is 4.35. The van der Waals surface area contributed by atoms with Crippen LogP contribution in [-0.2, 0) is 6.42 Å². The molecule has 0 aliphatic carbocycles. The van der Waals surface area contributed by atoms with Gasteiger partial charge in [0.2, 0.25) is 0 Å². The van der Waals surface area contributed by atoms with Crippen LogP contribution in [0.5, 0.6) is 11.8 Å². The van der Waals surface area contributed by atoms with Gasteiger partial charge in [0.05, 0.1) is 5.02 Å². The van der Waals surface area contributed by atoms with Gasteiger partial charge in [-0.15, -0.1) is 0 Å². The van der Waals surface area contributed by atoms with E-state index in [1.807, 2.05) is 6.92 Å². The Morgan fingerprint density at radius 3 is 2.65 bits per heavy atom. The Morgan fingerprint density at radius 1 is 1.35 bits per heavy atom. The molecule has 0 bridgehead atoms. The van der Waals surface area contributed by atoms with E-state index >= 15 is 0 Å². The summed E-state index contributed by atoms with van der Waals surface area (Å²) in [4.78, 5) is 8.18. The fourth-order valence-electron chi connectivity index (χ4n) is 1.59. The minimum Gasteiger partial charge on any atom is -0.424 e. The summed E-state index contributed by atoms with van der Waals surface area (Å²) < 4.78 is 18.4. The molecule has 0 saturated heterocycles. The lowest BCUT2D eigenvalue weighted by Gasteiger charge is -2.08. The van der Waals surface area contributed by atoms with Crippen molar-refractivity contribution in [3.05, 3.63) is 47.0 Å². The summed E-state index contributed by atoms with van der Waals surface area (Å²) in [5.41, 5.74) is 6.81. The Bertz CT molecular complexity index is 577. The molecule has 0 amide bonds. The van der Waals surface area contributed by atoms with E-state index in [0.717, 1.165) is 18.4 Å². The van der Waals surface area contributed by atoms with E-state index < -0.39 is 5.82 Å². The van der Waals surface area contributed by atoms with Crippen LogP contribution in [0.2, 0.25) is 5.02 Å². The SMILES string of the molecule is CCC(N)Cc1cnc(Oc2ccc(F)c(Cl)c2)nc1. The van der Waals surface area contributed by atoms with Gasteiger partial charge in [-0.05, 0) is 30.5 Å². The maximum absolute atomic E-state index is 13.0. The van der Waals surface area contributed by atoms with Gasteiger partial charge in [-0.2, -0.15) is 0 Å². The molecule has 2 rings (SSSR count). The fraction of sp³-hybridized carbons (Fsp3) is 0.286. The maximum atomic E-state index is 13.0. The van der Waals surface area contributed by atoms with Gasteiger partial charge < -0.3 is 10.5 Å². The number of aromatic nitrogens is 2. The first-order valence-electron chi connectivity index (χ1n) is 6.28. The second-order valence-electron chi connectivity index (χ2n) is 4.42. The quantitative estimate of drug-likeness (QED) is 0.919. The smallest absolute Gasteiger partial charge is 0.321 e. The highest BCUT2D eigenvalue weighted by atomic mass is 35.5. The van der Waals surface area contributed by atoms with Crippen molar-refractivity contribution < 1.29 is 9.13 Å². The first-order valence-corrected chi connectivity index (χ1v) is 6.65. The summed E-state index contributed by atoms with van der Waals surface area (Å²) in [6.45, 7) is 2.03. The lowest BCUT2D eigenvalue weighted by Crippen LogP contribution is -2.21. The second-order valence-corrected chi connectivity index (χ2v) is 4.83. The van der Waals surface area contributed by atoms with E-state index in [1.165, 1.54) is 18.2 Å². The Balaban J connectivity index is 2.04. The van der Waals surface area contributed by atoms with Crippen molar-refractivity contribution in [1.82, 2.24) is 9.97 Å². The molecule has 0 fully saturated rings. The van der Waals surface area contributed by atoms with Crippen LogP contribution < -0.4 is 10.5 Å². The zero-order chi connectivity index (χ0) is 14.5. The van der Waals surface area contributed by atoms with E-state index in [0.29, 0.717) is 5.75 Å². The number of hydrogen-bond acceptors (Lipinski definition) is 4. The van der Waals surface area contributed by atoms with Crippen molar-refractivity contribution in [2.75, 3.05) is 0 Å². The van der Waals surface area contributed by atoms with Crippen LogP contribution in [0.25, 0.3) is 0 Å². The van der Waals surface area contributed by atoms with Gasteiger partial charge in [-0.3, -0.25) is 0 Å². The molecule has 0 saturated carbocycles. The molecule has 0 spiro atoms. The van der Waals surface area contributed by atoms with Crippen molar-refractivity contribution in [3.8, 4) is 11.8 Å². The predicted octanol–water partition coefficient (Wildman–Crippen LogP) is 3.34. The highest BCUT2D eigenvalue weighted by Crippen LogP contribution is 2.24. The molecule has 1 heterocycles. The first kappa shape index (κ1) is 14.7. The van der Waals surface area contributed by atoms with Crippen LogP contribution in [0.4, 0.5) is 4.39 Å². The molecule has 1 unspecified atom stereocenters. The molecular weight excluding hydrogens is 281 g/mol. The molecule has 1 atom stereocenters. The minimum atomic E-state index is -0.496. The summed E-state index contributed by atoms with van der Waals surface area (Å²) in [5.74, 6) is -0.113. The van der Waals surface area contributed by atoms with Gasteiger partial charge in [-0.25, -0.2) is 14.4 Å². The van der Waals surface area contributed by atoms with E-state index in [4.69, 9.17) is 22.1 Å². The number of nitrogens with zero attached hydrogens (tertiary/aromatic N) is 2. The van der Waals surface area contributed by atoms with Crippen LogP contribution >= 0.6 is 11.6 Å². The van der Waals surface area contributed by atoms with Gasteiger partial charge in [0.1, 0.15) is 11.6 Å². The van der Waals surface area contributed by atoms with Crippen LogP contribution in [0, 0.1) is 5.82 Å². The van der Waals surface area contributed by atoms with Crippen LogP contribution in [0.3, 0.4) is 0 Å². The number of halogens is 2. The third kappa shape index (κ3) is 3.88. The largest absolute Gasteiger partial charge is 0.424 e. The molecule has 20 heavy (non-hydrogen) atoms. The van der Waals surface area contributed by atoms with Crippen molar-refractivity contribution in [2.45, 2.75) is 25.8 Å². The molecule has 0 radical (unpaired) electrons. The molecule has 106 valence electrons. The molecule has 1 aromatic carbocycles. The zero-order valence-corrected chi connectivity index (χ0v) is 11.8. The topological polar surface area (TPSA) is 61.0 Å². The average molecular weight is 296 g/mol. The number of ether oxygens (including phenoxy) is 1. The molecule has 2 aromatic rings. The minimum absolute atomic E-state index is 0.00644. The van der Waals surface area contributed by atoms with E-state index in [2.05, 4.69) is 9.97 Å².